The van der Waals surface area contributed by atoms with Crippen LogP contribution >= 0.6 is 0 Å². The molecule has 8 nitrogen and oxygen atoms in total. The monoisotopic (exact) mass is 674 g/mol. The highest BCUT2D eigenvalue weighted by Crippen LogP contribution is 2.58. The molecule has 50 heavy (non-hydrogen) atoms. The van der Waals surface area contributed by atoms with E-state index in [1.807, 2.05) is 52.0 Å². The van der Waals surface area contributed by atoms with Crippen molar-refractivity contribution in [3.63, 3.8) is 0 Å². The zero-order valence-electron chi connectivity index (χ0n) is 29.5. The fourth-order valence-electron chi connectivity index (χ4n) is 7.44. The van der Waals surface area contributed by atoms with E-state index in [4.69, 9.17) is 9.47 Å². The molecule has 0 aromatic heterocycles. The molecule has 0 unspecified atom stereocenters. The lowest BCUT2D eigenvalue weighted by molar-refractivity contribution is 0.101. The molecule has 2 atom stereocenters. The molecule has 8 heteroatoms. The molecule has 0 heterocycles. The maximum atomic E-state index is 14.4. The number of phenols is 4. The minimum absolute atomic E-state index is 0.00425. The van der Waals surface area contributed by atoms with Gasteiger partial charge >= 0.3 is 0 Å². The Bertz CT molecular complexity index is 2000. The van der Waals surface area contributed by atoms with Gasteiger partial charge < -0.3 is 29.9 Å². The highest BCUT2D eigenvalue weighted by atomic mass is 16.5. The number of fused-ring (bicyclic) bond motifs is 4. The number of hydrogen-bond acceptors (Lipinski definition) is 8. The van der Waals surface area contributed by atoms with Gasteiger partial charge in [0.1, 0.15) is 34.5 Å². The molecule has 0 saturated carbocycles. The number of benzene rings is 4. The van der Waals surface area contributed by atoms with E-state index >= 15 is 0 Å². The maximum absolute atomic E-state index is 14.4. The fourth-order valence-corrected chi connectivity index (χ4v) is 7.44. The number of ether oxygens (including phenoxy) is 2. The molecule has 0 fully saturated rings. The predicted octanol–water partition coefficient (Wildman–Crippen LogP) is 8.53. The predicted molar refractivity (Wildman–Crippen MR) is 193 cm³/mol. The maximum Gasteiger partial charge on any atom is 0.201 e. The summed E-state index contributed by atoms with van der Waals surface area (Å²) in [6, 6.07) is 10.1. The molecular weight excluding hydrogens is 632 g/mol. The summed E-state index contributed by atoms with van der Waals surface area (Å²) in [5.74, 6) is -2.93. The van der Waals surface area contributed by atoms with E-state index < -0.39 is 23.4 Å². The molecular formula is C42H42O8. The van der Waals surface area contributed by atoms with Gasteiger partial charge in [-0.15, -0.1) is 0 Å². The minimum atomic E-state index is -0.820. The van der Waals surface area contributed by atoms with Crippen LogP contribution in [0.5, 0.6) is 34.5 Å². The van der Waals surface area contributed by atoms with Gasteiger partial charge in [-0.3, -0.25) is 9.59 Å². The molecule has 6 rings (SSSR count). The Morgan fingerprint density at radius 1 is 0.560 bits per heavy atom. The lowest BCUT2D eigenvalue weighted by Crippen LogP contribution is -2.30. The summed E-state index contributed by atoms with van der Waals surface area (Å²) in [6.45, 7) is 11.6. The number of hydrogen-bond donors (Lipinski definition) is 4. The molecule has 0 radical (unpaired) electrons. The fraction of sp³-hybridized carbons (Fsp3) is 0.286. The molecule has 0 aliphatic heterocycles. The van der Waals surface area contributed by atoms with E-state index in [1.54, 1.807) is 38.1 Å². The van der Waals surface area contributed by atoms with Gasteiger partial charge in [0, 0.05) is 11.8 Å². The smallest absolute Gasteiger partial charge is 0.201 e. The summed E-state index contributed by atoms with van der Waals surface area (Å²) in [4.78, 5) is 28.8. The summed E-state index contributed by atoms with van der Waals surface area (Å²) in [7, 11) is 2.97. The largest absolute Gasteiger partial charge is 0.507 e. The van der Waals surface area contributed by atoms with Crippen molar-refractivity contribution in [3.05, 3.63) is 115 Å². The molecule has 2 aliphatic rings. The Balaban J connectivity index is 1.79. The van der Waals surface area contributed by atoms with Gasteiger partial charge in [-0.05, 0) is 83.3 Å². The van der Waals surface area contributed by atoms with E-state index in [9.17, 15) is 30.0 Å². The Labute approximate surface area is 292 Å². The van der Waals surface area contributed by atoms with Crippen LogP contribution in [-0.2, 0) is 0 Å². The van der Waals surface area contributed by atoms with Crippen LogP contribution in [0.3, 0.4) is 0 Å². The molecule has 258 valence electrons. The zero-order valence-corrected chi connectivity index (χ0v) is 29.5. The minimum Gasteiger partial charge on any atom is -0.507 e. The second-order valence-corrected chi connectivity index (χ2v) is 13.9. The molecule has 0 amide bonds. The summed E-state index contributed by atoms with van der Waals surface area (Å²) in [5, 5.41) is 46.6. The SMILES string of the molecule is COc1cc2c(c(O)c1C=CC(C)C)C(=O)c1c(O)cc(C)cc1[C@H]2[C@H]1c2cc(C)cc(O)c2C(=O)c2c1cc(OC)c(C=CC(C)C)c2O. The Morgan fingerprint density at radius 3 is 1.22 bits per heavy atom. The standard InChI is InChI=1S/C42H42O8/c1-19(2)9-11-23-31(49-7)17-27-33(25-13-21(5)15-29(43)35(25)41(47)37(27)39(23)45)34-26-14-22(6)16-30(44)36(26)42(48)38-28(34)18-32(50-8)24(40(38)46)12-10-20(3)4/h9-20,33-34,43-46H,1-8H3/t33-,34+. The zero-order chi connectivity index (χ0) is 36.3. The first kappa shape index (κ1) is 34.4. The Morgan fingerprint density at radius 2 is 0.900 bits per heavy atom. The van der Waals surface area contributed by atoms with Crippen molar-refractivity contribution in [1.29, 1.82) is 0 Å². The van der Waals surface area contributed by atoms with Crippen molar-refractivity contribution in [2.45, 2.75) is 53.4 Å². The van der Waals surface area contributed by atoms with Gasteiger partial charge in [0.15, 0.2) is 0 Å². The molecule has 4 aromatic rings. The topological polar surface area (TPSA) is 134 Å². The lowest BCUT2D eigenvalue weighted by atomic mass is 9.63. The highest BCUT2D eigenvalue weighted by Gasteiger charge is 2.47. The van der Waals surface area contributed by atoms with Gasteiger partial charge in [0.25, 0.3) is 0 Å². The molecule has 0 saturated heterocycles. The molecule has 4 N–H and O–H groups in total. The Hall–Kier alpha value is -5.50. The number of methoxy groups -OCH3 is 2. The summed E-state index contributed by atoms with van der Waals surface area (Å²) in [6.07, 6.45) is 7.20. The summed E-state index contributed by atoms with van der Waals surface area (Å²) in [5.41, 5.74) is 3.78. The van der Waals surface area contributed by atoms with Gasteiger partial charge in [0.2, 0.25) is 11.6 Å². The van der Waals surface area contributed by atoms with Crippen molar-refractivity contribution >= 4 is 23.7 Å². The molecule has 2 aliphatic carbocycles. The number of rotatable bonds is 7. The van der Waals surface area contributed by atoms with E-state index in [0.717, 1.165) is 0 Å². The second-order valence-electron chi connectivity index (χ2n) is 13.9. The number of aryl methyl sites for hydroxylation is 2. The second kappa shape index (κ2) is 12.8. The van der Waals surface area contributed by atoms with Crippen LogP contribution in [0.15, 0.2) is 48.6 Å². The van der Waals surface area contributed by atoms with E-state index in [1.165, 1.54) is 26.4 Å². The molecule has 4 aromatic carbocycles. The van der Waals surface area contributed by atoms with Crippen molar-refractivity contribution < 1.29 is 39.5 Å². The van der Waals surface area contributed by atoms with Crippen LogP contribution < -0.4 is 9.47 Å². The van der Waals surface area contributed by atoms with E-state index in [0.29, 0.717) is 56.0 Å². The number of carbonyl (C=O) groups is 2. The average Bonchev–Trinajstić information content (AvgIpc) is 3.03. The van der Waals surface area contributed by atoms with Crippen molar-refractivity contribution in [1.82, 2.24) is 0 Å². The van der Waals surface area contributed by atoms with E-state index in [2.05, 4.69) is 0 Å². The number of aromatic hydroxyl groups is 4. The first-order valence-electron chi connectivity index (χ1n) is 16.7. The molecule has 0 bridgehead atoms. The average molecular weight is 675 g/mol. The number of phenolic OH excluding ortho intramolecular Hbond substituents is 4. The van der Waals surface area contributed by atoms with Crippen LogP contribution in [-0.4, -0.2) is 46.2 Å². The van der Waals surface area contributed by atoms with Gasteiger partial charge in [-0.2, -0.15) is 0 Å². The lowest BCUT2D eigenvalue weighted by Gasteiger charge is -2.39. The van der Waals surface area contributed by atoms with Crippen LogP contribution in [0.4, 0.5) is 0 Å². The third-order valence-electron chi connectivity index (χ3n) is 9.57. The third-order valence-corrected chi connectivity index (χ3v) is 9.57. The van der Waals surface area contributed by atoms with Crippen molar-refractivity contribution in [2.75, 3.05) is 14.2 Å². The first-order chi connectivity index (χ1) is 23.7. The van der Waals surface area contributed by atoms with Crippen LogP contribution in [0.2, 0.25) is 0 Å². The van der Waals surface area contributed by atoms with Gasteiger partial charge in [-0.25, -0.2) is 0 Å². The highest BCUT2D eigenvalue weighted by molar-refractivity contribution is 6.18. The van der Waals surface area contributed by atoms with Crippen molar-refractivity contribution in [3.8, 4) is 34.5 Å². The van der Waals surface area contributed by atoms with Crippen LogP contribution in [0.1, 0.15) is 116 Å². The third kappa shape index (κ3) is 5.39. The van der Waals surface area contributed by atoms with Crippen LogP contribution in [0, 0.1) is 25.7 Å². The van der Waals surface area contributed by atoms with Crippen molar-refractivity contribution in [2.24, 2.45) is 11.8 Å². The Kier molecular flexibility index (Phi) is 8.76. The van der Waals surface area contributed by atoms with Gasteiger partial charge in [0.05, 0.1) is 47.6 Å². The van der Waals surface area contributed by atoms with E-state index in [-0.39, 0.29) is 57.1 Å². The van der Waals surface area contributed by atoms with Gasteiger partial charge in [-0.1, -0.05) is 64.1 Å². The first-order valence-corrected chi connectivity index (χ1v) is 16.7. The number of allylic oxidation sites excluding steroid dienone is 2. The number of carbonyl (C=O) groups excluding carboxylic acids is 2. The molecule has 0 spiro atoms. The number of ketones is 2. The quantitative estimate of drug-likeness (QED) is 0.153. The summed E-state index contributed by atoms with van der Waals surface area (Å²) >= 11 is 0. The normalized spacial score (nSPS) is 16.6. The van der Waals surface area contributed by atoms with Crippen LogP contribution in [0.25, 0.3) is 12.2 Å². The summed E-state index contributed by atoms with van der Waals surface area (Å²) < 4.78 is 11.6.